The van der Waals surface area contributed by atoms with Crippen LogP contribution in [0.2, 0.25) is 0 Å². The molecule has 22 heavy (non-hydrogen) atoms. The zero-order chi connectivity index (χ0) is 16.9. The number of carbonyl (C=O) groups excluding carboxylic acids is 2. The van der Waals surface area contributed by atoms with Crippen LogP contribution in [-0.2, 0) is 24.3 Å². The van der Waals surface area contributed by atoms with Gasteiger partial charge >= 0.3 is 5.97 Å². The second-order valence-corrected chi connectivity index (χ2v) is 6.77. The van der Waals surface area contributed by atoms with E-state index in [0.29, 0.717) is 0 Å². The molecule has 1 N–H and O–H groups in total. The van der Waals surface area contributed by atoms with Gasteiger partial charge in [-0.3, -0.25) is 9.59 Å². The third-order valence-corrected chi connectivity index (χ3v) is 4.25. The van der Waals surface area contributed by atoms with Gasteiger partial charge in [-0.15, -0.1) is 0 Å². The fourth-order valence-corrected chi connectivity index (χ4v) is 2.58. The normalized spacial score (nSPS) is 12.5. The second kappa shape index (κ2) is 7.37. The van der Waals surface area contributed by atoms with Gasteiger partial charge in [0.05, 0.1) is 4.90 Å². The fraction of sp³-hybridized carbons (Fsp3) is 0.429. The zero-order valence-electron chi connectivity index (χ0n) is 13.0. The Labute approximate surface area is 130 Å². The van der Waals surface area contributed by atoms with E-state index in [0.717, 1.165) is 5.56 Å². The smallest absolute Gasteiger partial charge is 0.321 e. The number of ether oxygens (including phenoxy) is 1. The van der Waals surface area contributed by atoms with Crippen LogP contribution < -0.4 is 4.72 Å². The standard InChI is InChI=1S/C14H20N2O5S/c1-10-5-7-12(8-6-10)22(19,20)15-9-13(17)21-11(2)14(18)16(3)4/h5-8,11,15H,9H2,1-4H3/t11-/m0/s1. The van der Waals surface area contributed by atoms with E-state index >= 15 is 0 Å². The number of hydrogen-bond donors (Lipinski definition) is 1. The van der Waals surface area contributed by atoms with Crippen molar-refractivity contribution in [2.75, 3.05) is 20.6 Å². The van der Waals surface area contributed by atoms with Gasteiger partial charge in [-0.1, -0.05) is 17.7 Å². The monoisotopic (exact) mass is 328 g/mol. The predicted octanol–water partition coefficient (Wildman–Crippen LogP) is 0.293. The molecule has 1 aromatic rings. The Morgan fingerprint density at radius 2 is 1.77 bits per heavy atom. The molecule has 122 valence electrons. The molecular formula is C14H20N2O5S. The SMILES string of the molecule is Cc1ccc(S(=O)(=O)NCC(=O)O[C@@H](C)C(=O)N(C)C)cc1. The number of hydrogen-bond acceptors (Lipinski definition) is 5. The Morgan fingerprint density at radius 1 is 1.23 bits per heavy atom. The minimum atomic E-state index is -3.79. The Bertz CT molecular complexity index is 638. The summed E-state index contributed by atoms with van der Waals surface area (Å²) in [4.78, 5) is 24.5. The Morgan fingerprint density at radius 3 is 2.27 bits per heavy atom. The third kappa shape index (κ3) is 5.12. The van der Waals surface area contributed by atoms with Gasteiger partial charge in [-0.05, 0) is 26.0 Å². The van der Waals surface area contributed by atoms with Gasteiger partial charge in [0, 0.05) is 14.1 Å². The first-order valence-electron chi connectivity index (χ1n) is 6.60. The van der Waals surface area contributed by atoms with E-state index in [-0.39, 0.29) is 10.8 Å². The molecule has 0 saturated heterocycles. The van der Waals surface area contributed by atoms with Crippen LogP contribution in [0, 0.1) is 6.92 Å². The average Bonchev–Trinajstić information content (AvgIpc) is 2.44. The second-order valence-electron chi connectivity index (χ2n) is 5.00. The summed E-state index contributed by atoms with van der Waals surface area (Å²) < 4.78 is 31.0. The van der Waals surface area contributed by atoms with E-state index in [1.807, 2.05) is 6.92 Å². The van der Waals surface area contributed by atoms with Crippen LogP contribution in [0.3, 0.4) is 0 Å². The van der Waals surface area contributed by atoms with Crippen LogP contribution in [0.1, 0.15) is 12.5 Å². The minimum absolute atomic E-state index is 0.0586. The zero-order valence-corrected chi connectivity index (χ0v) is 13.8. The van der Waals surface area contributed by atoms with E-state index in [1.165, 1.54) is 38.1 Å². The number of esters is 1. The van der Waals surface area contributed by atoms with E-state index in [9.17, 15) is 18.0 Å². The molecule has 0 radical (unpaired) electrons. The molecule has 0 bridgehead atoms. The molecule has 7 nitrogen and oxygen atoms in total. The number of nitrogens with zero attached hydrogens (tertiary/aromatic N) is 1. The molecule has 8 heteroatoms. The van der Waals surface area contributed by atoms with Gasteiger partial charge in [0.25, 0.3) is 5.91 Å². The van der Waals surface area contributed by atoms with Crippen molar-refractivity contribution in [3.63, 3.8) is 0 Å². The first-order chi connectivity index (χ1) is 10.1. The van der Waals surface area contributed by atoms with Crippen LogP contribution in [0.15, 0.2) is 29.2 Å². The van der Waals surface area contributed by atoms with Crippen molar-refractivity contribution >= 4 is 21.9 Å². The number of benzene rings is 1. The van der Waals surface area contributed by atoms with Crippen molar-refractivity contribution < 1.29 is 22.7 Å². The highest BCUT2D eigenvalue weighted by Gasteiger charge is 2.21. The van der Waals surface area contributed by atoms with E-state index in [4.69, 9.17) is 4.74 Å². The van der Waals surface area contributed by atoms with Gasteiger partial charge in [-0.25, -0.2) is 8.42 Å². The molecule has 0 fully saturated rings. The fourth-order valence-electron chi connectivity index (χ4n) is 1.61. The van der Waals surface area contributed by atoms with E-state index in [2.05, 4.69) is 4.72 Å². The number of carbonyl (C=O) groups is 2. The summed E-state index contributed by atoms with van der Waals surface area (Å²) in [6, 6.07) is 6.21. The molecule has 0 spiro atoms. The van der Waals surface area contributed by atoms with Crippen LogP contribution >= 0.6 is 0 Å². The highest BCUT2D eigenvalue weighted by molar-refractivity contribution is 7.89. The number of rotatable bonds is 6. The highest BCUT2D eigenvalue weighted by Crippen LogP contribution is 2.09. The maximum absolute atomic E-state index is 12.0. The Hall–Kier alpha value is -1.93. The summed E-state index contributed by atoms with van der Waals surface area (Å²) in [6.45, 7) is 2.72. The van der Waals surface area contributed by atoms with Crippen LogP contribution in [-0.4, -0.2) is 51.9 Å². The van der Waals surface area contributed by atoms with Gasteiger partial charge in [-0.2, -0.15) is 4.72 Å². The molecule has 0 aliphatic carbocycles. The molecule has 0 unspecified atom stereocenters. The van der Waals surface area contributed by atoms with Crippen LogP contribution in [0.25, 0.3) is 0 Å². The van der Waals surface area contributed by atoms with Crippen molar-refractivity contribution in [3.05, 3.63) is 29.8 Å². The maximum atomic E-state index is 12.0. The lowest BCUT2D eigenvalue weighted by atomic mass is 10.2. The lowest BCUT2D eigenvalue weighted by Crippen LogP contribution is -2.38. The van der Waals surface area contributed by atoms with Crippen LogP contribution in [0.4, 0.5) is 0 Å². The van der Waals surface area contributed by atoms with Crippen molar-refractivity contribution in [1.29, 1.82) is 0 Å². The number of amides is 1. The highest BCUT2D eigenvalue weighted by atomic mass is 32.2. The maximum Gasteiger partial charge on any atom is 0.321 e. The quantitative estimate of drug-likeness (QED) is 0.758. The molecule has 0 heterocycles. The summed E-state index contributed by atoms with van der Waals surface area (Å²) in [6.07, 6.45) is -0.966. The molecule has 0 aliphatic heterocycles. The first-order valence-corrected chi connectivity index (χ1v) is 8.09. The molecule has 1 amide bonds. The van der Waals surface area contributed by atoms with E-state index < -0.39 is 28.6 Å². The van der Waals surface area contributed by atoms with Crippen LogP contribution in [0.5, 0.6) is 0 Å². The van der Waals surface area contributed by atoms with Gasteiger partial charge < -0.3 is 9.64 Å². The summed E-state index contributed by atoms with van der Waals surface area (Å²) >= 11 is 0. The molecular weight excluding hydrogens is 308 g/mol. The van der Waals surface area contributed by atoms with Crippen molar-refractivity contribution in [1.82, 2.24) is 9.62 Å². The summed E-state index contributed by atoms with van der Waals surface area (Å²) in [5.41, 5.74) is 0.925. The largest absolute Gasteiger partial charge is 0.452 e. The topological polar surface area (TPSA) is 92.8 Å². The molecule has 0 saturated carbocycles. The van der Waals surface area contributed by atoms with Gasteiger partial charge in [0.1, 0.15) is 6.54 Å². The minimum Gasteiger partial charge on any atom is -0.452 e. The van der Waals surface area contributed by atoms with Gasteiger partial charge in [0.2, 0.25) is 10.0 Å². The summed E-state index contributed by atoms with van der Waals surface area (Å²) in [7, 11) is -0.722. The molecule has 1 atom stereocenters. The predicted molar refractivity (Wildman–Crippen MR) is 80.6 cm³/mol. The summed E-state index contributed by atoms with van der Waals surface area (Å²) in [5, 5.41) is 0. The molecule has 0 aromatic heterocycles. The number of likely N-dealkylation sites (N-methyl/N-ethyl adjacent to an activating group) is 1. The van der Waals surface area contributed by atoms with Crippen molar-refractivity contribution in [2.24, 2.45) is 0 Å². The molecule has 1 rings (SSSR count). The van der Waals surface area contributed by atoms with E-state index in [1.54, 1.807) is 12.1 Å². The molecule has 1 aromatic carbocycles. The number of nitrogens with one attached hydrogen (secondary N) is 1. The lowest BCUT2D eigenvalue weighted by molar-refractivity contribution is -0.156. The third-order valence-electron chi connectivity index (χ3n) is 2.83. The summed E-state index contributed by atoms with van der Waals surface area (Å²) in [5.74, 6) is -1.20. The lowest BCUT2D eigenvalue weighted by Gasteiger charge is -2.17. The van der Waals surface area contributed by atoms with Crippen molar-refractivity contribution in [2.45, 2.75) is 24.8 Å². The Balaban J connectivity index is 2.60. The molecule has 0 aliphatic rings. The average molecular weight is 328 g/mol. The van der Waals surface area contributed by atoms with Crippen molar-refractivity contribution in [3.8, 4) is 0 Å². The number of sulfonamides is 1. The Kier molecular flexibility index (Phi) is 6.07. The first kappa shape index (κ1) is 18.1. The van der Waals surface area contributed by atoms with Gasteiger partial charge in [0.15, 0.2) is 6.10 Å². The number of aryl methyl sites for hydroxylation is 1.